The number of amides is 1. The van der Waals surface area contributed by atoms with Crippen LogP contribution < -0.4 is 10.6 Å². The van der Waals surface area contributed by atoms with Crippen LogP contribution in [0, 0.1) is 5.82 Å². The van der Waals surface area contributed by atoms with E-state index >= 15 is 0 Å². The van der Waals surface area contributed by atoms with Crippen LogP contribution in [0.4, 0.5) is 10.1 Å². The minimum Gasteiger partial charge on any atom is -0.361 e. The van der Waals surface area contributed by atoms with E-state index in [1.165, 1.54) is 23.4 Å². The summed E-state index contributed by atoms with van der Waals surface area (Å²) in [5.74, 6) is -0.631. The molecule has 1 aliphatic rings. The molecule has 7 heteroatoms. The lowest BCUT2D eigenvalue weighted by Crippen LogP contribution is -2.38. The Hall–Kier alpha value is -3.22. The largest absolute Gasteiger partial charge is 0.361 e. The summed E-state index contributed by atoms with van der Waals surface area (Å²) < 4.78 is 15.7. The summed E-state index contributed by atoms with van der Waals surface area (Å²) in [7, 11) is 0. The smallest absolute Gasteiger partial charge is 0.255 e. The molecule has 0 bridgehead atoms. The minimum absolute atomic E-state index is 0.190. The number of anilines is 1. The van der Waals surface area contributed by atoms with Gasteiger partial charge in [-0.3, -0.25) is 4.79 Å². The van der Waals surface area contributed by atoms with Gasteiger partial charge in [-0.25, -0.2) is 14.1 Å². The number of rotatable bonds is 2. The number of nitrogens with one attached hydrogen (secondary N) is 2. The zero-order valence-electron chi connectivity index (χ0n) is 11.9. The number of para-hydroxylation sites is 1. The Morgan fingerprint density at radius 3 is 2.78 bits per heavy atom. The van der Waals surface area contributed by atoms with Gasteiger partial charge in [0.2, 0.25) is 0 Å². The maximum atomic E-state index is 14.3. The van der Waals surface area contributed by atoms with Crippen LogP contribution in [0.1, 0.15) is 22.1 Å². The topological polar surface area (TPSA) is 71.8 Å². The maximum absolute atomic E-state index is 14.3. The molecule has 2 heterocycles. The molecule has 23 heavy (non-hydrogen) atoms. The summed E-state index contributed by atoms with van der Waals surface area (Å²) >= 11 is 0. The van der Waals surface area contributed by atoms with Crippen molar-refractivity contribution in [3.8, 4) is 5.69 Å². The molecule has 1 aliphatic heterocycles. The van der Waals surface area contributed by atoms with Gasteiger partial charge in [-0.15, -0.1) is 0 Å². The highest BCUT2D eigenvalue weighted by Crippen LogP contribution is 2.27. The number of carbonyl (C=O) groups is 1. The molecule has 2 aromatic carbocycles. The second kappa shape index (κ2) is 5.20. The Kier molecular flexibility index (Phi) is 3.04. The van der Waals surface area contributed by atoms with Gasteiger partial charge in [-0.2, -0.15) is 5.10 Å². The molecule has 1 amide bonds. The highest BCUT2D eigenvalue weighted by Gasteiger charge is 2.24. The number of benzene rings is 2. The highest BCUT2D eigenvalue weighted by atomic mass is 19.1. The van der Waals surface area contributed by atoms with E-state index in [9.17, 15) is 9.18 Å². The third-order valence-electron chi connectivity index (χ3n) is 3.72. The zero-order valence-corrected chi connectivity index (χ0v) is 11.9. The van der Waals surface area contributed by atoms with Gasteiger partial charge >= 0.3 is 0 Å². The normalized spacial score (nSPS) is 16.4. The summed E-state index contributed by atoms with van der Waals surface area (Å²) in [6.07, 6.45) is 2.28. The molecular weight excluding hydrogens is 297 g/mol. The fraction of sp³-hybridized carbons (Fsp3) is 0.0625. The van der Waals surface area contributed by atoms with E-state index in [0.29, 0.717) is 16.8 Å². The van der Waals surface area contributed by atoms with Crippen LogP contribution in [0.25, 0.3) is 5.69 Å². The number of hydrogen-bond acceptors (Lipinski definition) is 4. The molecule has 2 N–H and O–H groups in total. The van der Waals surface area contributed by atoms with E-state index < -0.39 is 12.0 Å². The first-order chi connectivity index (χ1) is 11.2. The van der Waals surface area contributed by atoms with Gasteiger partial charge < -0.3 is 10.6 Å². The van der Waals surface area contributed by atoms with Crippen LogP contribution in [-0.4, -0.2) is 20.7 Å². The van der Waals surface area contributed by atoms with Crippen LogP contribution in [0.5, 0.6) is 0 Å². The van der Waals surface area contributed by atoms with E-state index in [4.69, 9.17) is 0 Å². The van der Waals surface area contributed by atoms with E-state index in [1.54, 1.807) is 24.3 Å². The Bertz CT molecular complexity index is 878. The molecule has 4 rings (SSSR count). The number of hydrogen-bond donors (Lipinski definition) is 2. The first-order valence-electron chi connectivity index (χ1n) is 7.03. The van der Waals surface area contributed by atoms with Crippen LogP contribution in [-0.2, 0) is 0 Å². The number of nitrogens with zero attached hydrogens (tertiary/aromatic N) is 3. The van der Waals surface area contributed by atoms with Crippen molar-refractivity contribution in [1.29, 1.82) is 0 Å². The van der Waals surface area contributed by atoms with Gasteiger partial charge in [-0.1, -0.05) is 18.2 Å². The van der Waals surface area contributed by atoms with Crippen LogP contribution in [0.3, 0.4) is 0 Å². The molecule has 0 radical (unpaired) electrons. The van der Waals surface area contributed by atoms with Crippen LogP contribution >= 0.6 is 0 Å². The van der Waals surface area contributed by atoms with E-state index in [-0.39, 0.29) is 5.91 Å². The predicted octanol–water partition coefficient (Wildman–Crippen LogP) is 2.26. The summed E-state index contributed by atoms with van der Waals surface area (Å²) in [6.45, 7) is 0. The van der Waals surface area contributed by atoms with Crippen molar-refractivity contribution < 1.29 is 9.18 Å². The molecule has 0 aliphatic carbocycles. The van der Waals surface area contributed by atoms with Gasteiger partial charge in [0.1, 0.15) is 30.3 Å². The van der Waals surface area contributed by atoms with Crippen molar-refractivity contribution in [2.24, 2.45) is 0 Å². The van der Waals surface area contributed by atoms with Gasteiger partial charge in [-0.05, 0) is 29.8 Å². The summed E-state index contributed by atoms with van der Waals surface area (Å²) in [5.41, 5.74) is 2.22. The Labute approximate surface area is 131 Å². The lowest BCUT2D eigenvalue weighted by molar-refractivity contribution is 0.0935. The van der Waals surface area contributed by atoms with Gasteiger partial charge in [0.05, 0.1) is 5.56 Å². The maximum Gasteiger partial charge on any atom is 0.255 e. The van der Waals surface area contributed by atoms with Crippen molar-refractivity contribution >= 4 is 11.6 Å². The molecule has 1 aromatic heterocycles. The zero-order chi connectivity index (χ0) is 15.8. The molecule has 114 valence electrons. The quantitative estimate of drug-likeness (QED) is 0.761. The number of fused-ring (bicyclic) bond motifs is 1. The molecule has 1 atom stereocenters. The minimum atomic E-state index is -0.489. The number of halogens is 1. The lowest BCUT2D eigenvalue weighted by Gasteiger charge is -2.28. The molecule has 0 saturated heterocycles. The SMILES string of the molecule is O=C1N[C@H](c2ccc(-n3cncn3)c(F)c2)Nc2ccccc21. The van der Waals surface area contributed by atoms with Gasteiger partial charge in [0, 0.05) is 5.69 Å². The number of carbonyl (C=O) groups excluding carboxylic acids is 1. The molecule has 6 nitrogen and oxygen atoms in total. The summed E-state index contributed by atoms with van der Waals surface area (Å²) in [5, 5.41) is 9.92. The Morgan fingerprint density at radius 1 is 1.13 bits per heavy atom. The van der Waals surface area contributed by atoms with Gasteiger partial charge in [0.15, 0.2) is 0 Å². The fourth-order valence-corrected chi connectivity index (χ4v) is 2.60. The van der Waals surface area contributed by atoms with E-state index in [0.717, 1.165) is 5.69 Å². The van der Waals surface area contributed by atoms with Crippen LogP contribution in [0.15, 0.2) is 55.1 Å². The molecule has 0 unspecified atom stereocenters. The standard InChI is InChI=1S/C16H12FN5O/c17-12-7-10(5-6-14(12)22-9-18-8-19-22)15-20-13-4-2-1-3-11(13)16(23)21-15/h1-9,15,20H,(H,21,23)/t15-/m1/s1. The van der Waals surface area contributed by atoms with Crippen molar-refractivity contribution in [3.63, 3.8) is 0 Å². The Morgan fingerprint density at radius 2 is 2.00 bits per heavy atom. The first-order valence-corrected chi connectivity index (χ1v) is 7.03. The number of aromatic nitrogens is 3. The van der Waals surface area contributed by atoms with Crippen molar-refractivity contribution in [2.75, 3.05) is 5.32 Å². The monoisotopic (exact) mass is 309 g/mol. The molecule has 3 aromatic rings. The van der Waals surface area contributed by atoms with Crippen molar-refractivity contribution in [2.45, 2.75) is 6.17 Å². The predicted molar refractivity (Wildman–Crippen MR) is 81.6 cm³/mol. The van der Waals surface area contributed by atoms with Gasteiger partial charge in [0.25, 0.3) is 5.91 Å². The van der Waals surface area contributed by atoms with E-state index in [1.807, 2.05) is 12.1 Å². The van der Waals surface area contributed by atoms with Crippen LogP contribution in [0.2, 0.25) is 0 Å². The third-order valence-corrected chi connectivity index (χ3v) is 3.72. The molecule has 0 fully saturated rings. The molecule has 0 saturated carbocycles. The second-order valence-corrected chi connectivity index (χ2v) is 5.15. The highest BCUT2D eigenvalue weighted by molar-refractivity contribution is 6.01. The summed E-state index contributed by atoms with van der Waals surface area (Å²) in [6, 6.07) is 11.9. The van der Waals surface area contributed by atoms with Crippen molar-refractivity contribution in [1.82, 2.24) is 20.1 Å². The molecule has 0 spiro atoms. The third kappa shape index (κ3) is 2.32. The Balaban J connectivity index is 1.67. The second-order valence-electron chi connectivity index (χ2n) is 5.15. The lowest BCUT2D eigenvalue weighted by atomic mass is 10.1. The summed E-state index contributed by atoms with van der Waals surface area (Å²) in [4.78, 5) is 15.9. The van der Waals surface area contributed by atoms with Crippen molar-refractivity contribution in [3.05, 3.63) is 72.1 Å². The van der Waals surface area contributed by atoms with E-state index in [2.05, 4.69) is 20.7 Å². The average molecular weight is 309 g/mol. The molecular formula is C16H12FN5O. The first kappa shape index (κ1) is 13.4. The fourth-order valence-electron chi connectivity index (χ4n) is 2.60. The average Bonchev–Trinajstić information content (AvgIpc) is 3.09.